The molecular weight excluding hydrogens is 187 g/mol. The van der Waals surface area contributed by atoms with Gasteiger partial charge in [0.1, 0.15) is 0 Å². The second kappa shape index (κ2) is 5.96. The van der Waals surface area contributed by atoms with Gasteiger partial charge in [-0.25, -0.2) is 0 Å². The van der Waals surface area contributed by atoms with E-state index >= 15 is 0 Å². The van der Waals surface area contributed by atoms with Crippen LogP contribution < -0.4 is 4.52 Å². The number of benzene rings is 1. The van der Waals surface area contributed by atoms with Crippen molar-refractivity contribution >= 4 is 46.4 Å². The summed E-state index contributed by atoms with van der Waals surface area (Å²) in [6.07, 6.45) is 0. The fraction of sp³-hybridized carbons (Fsp3) is 0.143. The van der Waals surface area contributed by atoms with Crippen LogP contribution in [0.1, 0.15) is 8.42 Å². The minimum absolute atomic E-state index is 0. The molecule has 0 N–H and O–H groups in total. The first-order valence-corrected chi connectivity index (χ1v) is 3.76. The van der Waals surface area contributed by atoms with Crippen LogP contribution in [0.3, 0.4) is 0 Å². The molecule has 0 amide bonds. The van der Waals surface area contributed by atoms with Crippen molar-refractivity contribution < 1.29 is 11.9 Å². The molecule has 0 spiro atoms. The molecule has 0 radical (unpaired) electrons. The number of para-hydroxylation sites is 1. The van der Waals surface area contributed by atoms with Gasteiger partial charge in [0.25, 0.3) is 0 Å². The summed E-state index contributed by atoms with van der Waals surface area (Å²) in [6, 6.07) is 7.47. The van der Waals surface area contributed by atoms with Gasteiger partial charge in [-0.15, -0.1) is 0 Å². The molecular formula is C7H10CaO2P+. The van der Waals surface area contributed by atoms with E-state index in [4.69, 9.17) is 4.52 Å². The molecule has 4 heteroatoms. The zero-order valence-electron chi connectivity index (χ0n) is 8.33. The normalized spacial score (nSPS) is 8.82. The van der Waals surface area contributed by atoms with Gasteiger partial charge in [-0.3, -0.25) is 4.52 Å². The Balaban J connectivity index is -0.000000333. The number of aryl methyl sites for hydroxylation is 1. The van der Waals surface area contributed by atoms with Crippen molar-refractivity contribution in [2.24, 2.45) is 0 Å². The molecule has 1 atom stereocenters. The maximum absolute atomic E-state index is 10.1. The van der Waals surface area contributed by atoms with E-state index in [9.17, 15) is 4.57 Å². The molecule has 0 aliphatic carbocycles. The van der Waals surface area contributed by atoms with Crippen LogP contribution in [0.5, 0.6) is 5.75 Å². The van der Waals surface area contributed by atoms with E-state index in [0.717, 1.165) is 5.56 Å². The summed E-state index contributed by atoms with van der Waals surface area (Å²) in [5.74, 6) is 0.691. The Morgan fingerprint density at radius 3 is 2.64 bits per heavy atom. The van der Waals surface area contributed by atoms with Gasteiger partial charge in [-0.05, 0) is 23.1 Å². The number of hydrogen-bond donors (Lipinski definition) is 0. The minimum atomic E-state index is -0.718. The summed E-state index contributed by atoms with van der Waals surface area (Å²) in [5, 5.41) is 0. The van der Waals surface area contributed by atoms with Crippen molar-refractivity contribution in [1.82, 2.24) is 0 Å². The van der Waals surface area contributed by atoms with Gasteiger partial charge in [0, 0.05) is 0 Å². The quantitative estimate of drug-likeness (QED) is 0.536. The summed E-state index contributed by atoms with van der Waals surface area (Å²) >= 11 is 0. The summed E-state index contributed by atoms with van der Waals surface area (Å²) in [4.78, 5) is 0. The van der Waals surface area contributed by atoms with Crippen LogP contribution in [0.4, 0.5) is 0 Å². The first-order valence-electron chi connectivity index (χ1n) is 2.94. The zero-order chi connectivity index (χ0) is 7.40. The Bertz CT molecular complexity index is 248. The van der Waals surface area contributed by atoms with Gasteiger partial charge in [0.2, 0.25) is 0 Å². The fourth-order valence-corrected chi connectivity index (χ4v) is 1.03. The van der Waals surface area contributed by atoms with E-state index in [1.54, 1.807) is 6.07 Å². The molecule has 0 saturated carbocycles. The molecule has 0 saturated heterocycles. The second-order valence-electron chi connectivity index (χ2n) is 1.95. The summed E-state index contributed by atoms with van der Waals surface area (Å²) < 4.78 is 14.9. The van der Waals surface area contributed by atoms with Gasteiger partial charge >= 0.3 is 46.4 Å². The van der Waals surface area contributed by atoms with Gasteiger partial charge in [0.15, 0.2) is 5.75 Å². The van der Waals surface area contributed by atoms with Crippen LogP contribution in [0.15, 0.2) is 24.3 Å². The number of rotatable bonds is 2. The van der Waals surface area contributed by atoms with Crippen LogP contribution in [0.25, 0.3) is 0 Å². The molecule has 0 fully saturated rings. The van der Waals surface area contributed by atoms with E-state index in [0.29, 0.717) is 5.75 Å². The molecule has 1 aromatic carbocycles. The number of hydrogen-bond acceptors (Lipinski definition) is 2. The molecule has 0 aliphatic rings. The molecule has 2 nitrogen and oxygen atoms in total. The molecule has 0 aliphatic heterocycles. The predicted molar refractivity (Wildman–Crippen MR) is 48.8 cm³/mol. The Morgan fingerprint density at radius 2 is 2.09 bits per heavy atom. The monoisotopic (exact) mass is 197 g/mol. The Kier molecular flexibility index (Phi) is 6.16. The van der Waals surface area contributed by atoms with Crippen LogP contribution in [-0.2, 0) is 4.57 Å². The molecule has 1 rings (SSSR count). The van der Waals surface area contributed by atoms with Gasteiger partial charge in [-0.2, -0.15) is 0 Å². The Labute approximate surface area is 100 Å². The molecule has 11 heavy (non-hydrogen) atoms. The van der Waals surface area contributed by atoms with Gasteiger partial charge in [0.05, 0.1) is 0 Å². The molecule has 1 unspecified atom stereocenters. The average molecular weight is 197 g/mol. The van der Waals surface area contributed by atoms with Crippen molar-refractivity contribution in [1.29, 1.82) is 0 Å². The van der Waals surface area contributed by atoms with E-state index in [1.807, 2.05) is 25.1 Å². The van der Waals surface area contributed by atoms with Crippen LogP contribution in [-0.4, -0.2) is 37.7 Å². The van der Waals surface area contributed by atoms with Gasteiger partial charge < -0.3 is 2.85 Å². The Hall–Kier alpha value is 0.380. The van der Waals surface area contributed by atoms with Crippen LogP contribution >= 0.6 is 8.69 Å². The summed E-state index contributed by atoms with van der Waals surface area (Å²) in [5.41, 5.74) is 1.01. The molecule has 56 valence electrons. The Morgan fingerprint density at radius 1 is 1.45 bits per heavy atom. The average Bonchev–Trinajstić information content (AvgIpc) is 1.94. The molecule has 0 heterocycles. The topological polar surface area (TPSA) is 26.3 Å². The standard InChI is InChI=1S/C7H8O2P.Ca.2H/c1-6-4-2-3-5-7(6)9-10-8;;;/h2-5,10H,1H3;;;/q+1;+2;2*-1. The largest absolute Gasteiger partial charge is 2.00 e. The van der Waals surface area contributed by atoms with E-state index in [-0.39, 0.29) is 40.6 Å². The van der Waals surface area contributed by atoms with Gasteiger partial charge in [-0.1, -0.05) is 18.2 Å². The summed E-state index contributed by atoms with van der Waals surface area (Å²) in [7, 11) is -0.718. The third-order valence-electron chi connectivity index (χ3n) is 1.25. The van der Waals surface area contributed by atoms with Crippen molar-refractivity contribution in [2.75, 3.05) is 0 Å². The van der Waals surface area contributed by atoms with E-state index in [2.05, 4.69) is 0 Å². The minimum Gasteiger partial charge on any atom is -1.00 e. The molecule has 0 bridgehead atoms. The first-order chi connectivity index (χ1) is 4.84. The predicted octanol–water partition coefficient (Wildman–Crippen LogP) is 2.16. The van der Waals surface area contributed by atoms with Crippen LogP contribution in [0, 0.1) is 6.92 Å². The van der Waals surface area contributed by atoms with Crippen molar-refractivity contribution in [3.63, 3.8) is 0 Å². The second-order valence-corrected chi connectivity index (χ2v) is 2.32. The third kappa shape index (κ3) is 3.52. The maximum Gasteiger partial charge on any atom is 2.00 e. The van der Waals surface area contributed by atoms with Crippen molar-refractivity contribution in [3.8, 4) is 5.75 Å². The fourth-order valence-electron chi connectivity index (χ4n) is 0.716. The first kappa shape index (κ1) is 11.4. The summed E-state index contributed by atoms with van der Waals surface area (Å²) in [6.45, 7) is 1.91. The van der Waals surface area contributed by atoms with E-state index < -0.39 is 8.69 Å². The van der Waals surface area contributed by atoms with Crippen molar-refractivity contribution in [2.45, 2.75) is 6.92 Å². The third-order valence-corrected chi connectivity index (χ3v) is 1.55. The van der Waals surface area contributed by atoms with Crippen LogP contribution in [0.2, 0.25) is 0 Å². The molecule has 0 aromatic heterocycles. The maximum atomic E-state index is 10.1. The van der Waals surface area contributed by atoms with E-state index in [1.165, 1.54) is 0 Å². The molecule has 1 aromatic rings. The smallest absolute Gasteiger partial charge is 1.00 e. The van der Waals surface area contributed by atoms with Crippen molar-refractivity contribution in [3.05, 3.63) is 29.8 Å². The SMILES string of the molecule is Cc1ccccc1O[PH+]=O.[Ca+2].[H-].[H-]. The zero-order valence-corrected chi connectivity index (χ0v) is 9.54.